The Balaban J connectivity index is 2.24. The fraction of sp³-hybridized carbons (Fsp3) is 0.857. The van der Waals surface area contributed by atoms with Crippen LogP contribution in [-0.2, 0) is 4.79 Å². The summed E-state index contributed by atoms with van der Waals surface area (Å²) in [6.45, 7) is 5.62. The topological polar surface area (TPSA) is 40.5 Å². The summed E-state index contributed by atoms with van der Waals surface area (Å²) in [6.07, 6.45) is 0. The smallest absolute Gasteiger partial charge is 0.309 e. The molecule has 1 heterocycles. The van der Waals surface area contributed by atoms with Crippen LogP contribution in [0.3, 0.4) is 0 Å². The normalized spacial score (nSPS) is 21.1. The van der Waals surface area contributed by atoms with Crippen molar-refractivity contribution in [2.45, 2.75) is 19.9 Å². The second kappa shape index (κ2) is 2.58. The molecule has 10 heavy (non-hydrogen) atoms. The summed E-state index contributed by atoms with van der Waals surface area (Å²) in [4.78, 5) is 12.5. The standard InChI is InChI=1S/C7H13NO2/c1-5(2)8-3-6(4-8)7(9)10/h5-6H,3-4H2,1-2H3,(H,9,10). The van der Waals surface area contributed by atoms with Gasteiger partial charge < -0.3 is 5.11 Å². The van der Waals surface area contributed by atoms with Crippen molar-refractivity contribution in [2.24, 2.45) is 5.92 Å². The number of aliphatic carboxylic acids is 1. The number of carbonyl (C=O) groups is 1. The second-order valence-electron chi connectivity index (χ2n) is 3.08. The minimum absolute atomic E-state index is 0.109. The van der Waals surface area contributed by atoms with Crippen molar-refractivity contribution < 1.29 is 9.90 Å². The summed E-state index contributed by atoms with van der Waals surface area (Å²) in [5.41, 5.74) is 0. The lowest BCUT2D eigenvalue weighted by Crippen LogP contribution is -2.53. The summed E-state index contributed by atoms with van der Waals surface area (Å²) in [5.74, 6) is -0.765. The van der Waals surface area contributed by atoms with Gasteiger partial charge in [0.15, 0.2) is 0 Å². The fourth-order valence-corrected chi connectivity index (χ4v) is 1.09. The molecule has 3 nitrogen and oxygen atoms in total. The van der Waals surface area contributed by atoms with E-state index in [2.05, 4.69) is 18.7 Å². The maximum absolute atomic E-state index is 10.3. The number of carboxylic acid groups (broad SMARTS) is 1. The quantitative estimate of drug-likeness (QED) is 0.608. The third-order valence-electron chi connectivity index (χ3n) is 1.99. The molecule has 0 radical (unpaired) electrons. The van der Waals surface area contributed by atoms with Crippen LogP contribution in [0.1, 0.15) is 13.8 Å². The van der Waals surface area contributed by atoms with E-state index < -0.39 is 5.97 Å². The van der Waals surface area contributed by atoms with Gasteiger partial charge in [0.1, 0.15) is 0 Å². The van der Waals surface area contributed by atoms with Crippen LogP contribution in [0, 0.1) is 5.92 Å². The van der Waals surface area contributed by atoms with E-state index in [1.165, 1.54) is 0 Å². The second-order valence-corrected chi connectivity index (χ2v) is 3.08. The van der Waals surface area contributed by atoms with Crippen LogP contribution in [0.2, 0.25) is 0 Å². The van der Waals surface area contributed by atoms with Gasteiger partial charge in [-0.2, -0.15) is 0 Å². The van der Waals surface area contributed by atoms with Gasteiger partial charge in [-0.15, -0.1) is 0 Å². The zero-order chi connectivity index (χ0) is 7.72. The van der Waals surface area contributed by atoms with Gasteiger partial charge in [-0.25, -0.2) is 0 Å². The van der Waals surface area contributed by atoms with Gasteiger partial charge in [-0.05, 0) is 13.8 Å². The van der Waals surface area contributed by atoms with Crippen molar-refractivity contribution in [3.8, 4) is 0 Å². The van der Waals surface area contributed by atoms with E-state index in [0.29, 0.717) is 6.04 Å². The average Bonchev–Trinajstić information content (AvgIpc) is 1.56. The largest absolute Gasteiger partial charge is 0.481 e. The van der Waals surface area contributed by atoms with Crippen molar-refractivity contribution in [1.82, 2.24) is 4.90 Å². The molecule has 0 amide bonds. The summed E-state index contributed by atoms with van der Waals surface area (Å²) in [5, 5.41) is 8.51. The zero-order valence-electron chi connectivity index (χ0n) is 6.37. The maximum atomic E-state index is 10.3. The van der Waals surface area contributed by atoms with Crippen molar-refractivity contribution in [1.29, 1.82) is 0 Å². The van der Waals surface area contributed by atoms with Crippen molar-refractivity contribution in [2.75, 3.05) is 13.1 Å². The Morgan fingerprint density at radius 2 is 2.10 bits per heavy atom. The van der Waals surface area contributed by atoms with Gasteiger partial charge >= 0.3 is 5.97 Å². The Kier molecular flexibility index (Phi) is 1.94. The predicted molar refractivity (Wildman–Crippen MR) is 37.8 cm³/mol. The summed E-state index contributed by atoms with van der Waals surface area (Å²) in [6, 6.07) is 0.496. The molecule has 1 rings (SSSR count). The lowest BCUT2D eigenvalue weighted by atomic mass is 9.99. The molecule has 1 saturated heterocycles. The summed E-state index contributed by atoms with van der Waals surface area (Å²) < 4.78 is 0. The Bertz CT molecular complexity index is 139. The molecule has 1 aliphatic heterocycles. The molecule has 0 aromatic carbocycles. The highest BCUT2D eigenvalue weighted by Crippen LogP contribution is 2.17. The third kappa shape index (κ3) is 1.29. The Morgan fingerprint density at radius 1 is 1.60 bits per heavy atom. The maximum Gasteiger partial charge on any atom is 0.309 e. The predicted octanol–water partition coefficient (Wildman–Crippen LogP) is 0.411. The Labute approximate surface area is 60.6 Å². The van der Waals surface area contributed by atoms with Crippen LogP contribution >= 0.6 is 0 Å². The highest BCUT2D eigenvalue weighted by atomic mass is 16.4. The molecule has 1 aliphatic rings. The lowest BCUT2D eigenvalue weighted by molar-refractivity contribution is -0.148. The van der Waals surface area contributed by atoms with E-state index in [4.69, 9.17) is 5.11 Å². The third-order valence-corrected chi connectivity index (χ3v) is 1.99. The fourth-order valence-electron chi connectivity index (χ4n) is 1.09. The lowest BCUT2D eigenvalue weighted by Gasteiger charge is -2.39. The van der Waals surface area contributed by atoms with Crippen LogP contribution in [0.5, 0.6) is 0 Å². The molecule has 0 saturated carbocycles. The molecule has 1 fully saturated rings. The van der Waals surface area contributed by atoms with E-state index in [-0.39, 0.29) is 5.92 Å². The van der Waals surface area contributed by atoms with Crippen LogP contribution in [0.15, 0.2) is 0 Å². The van der Waals surface area contributed by atoms with E-state index in [9.17, 15) is 4.79 Å². The average molecular weight is 143 g/mol. The molecule has 0 atom stereocenters. The zero-order valence-corrected chi connectivity index (χ0v) is 6.37. The number of likely N-dealkylation sites (tertiary alicyclic amines) is 1. The molecular weight excluding hydrogens is 130 g/mol. The first-order chi connectivity index (χ1) is 4.61. The minimum Gasteiger partial charge on any atom is -0.481 e. The molecule has 58 valence electrons. The van der Waals surface area contributed by atoms with Crippen molar-refractivity contribution in [3.63, 3.8) is 0 Å². The van der Waals surface area contributed by atoms with Gasteiger partial charge in [0.2, 0.25) is 0 Å². The van der Waals surface area contributed by atoms with E-state index in [1.54, 1.807) is 0 Å². The Hall–Kier alpha value is -0.570. The SMILES string of the molecule is CC(C)N1CC(C(=O)O)C1. The molecule has 0 aliphatic carbocycles. The first kappa shape index (κ1) is 7.54. The minimum atomic E-state index is -0.656. The van der Waals surface area contributed by atoms with Gasteiger partial charge in [-0.3, -0.25) is 9.69 Å². The summed E-state index contributed by atoms with van der Waals surface area (Å²) in [7, 11) is 0. The van der Waals surface area contributed by atoms with E-state index in [1.807, 2.05) is 0 Å². The van der Waals surface area contributed by atoms with E-state index >= 15 is 0 Å². The number of nitrogens with zero attached hydrogens (tertiary/aromatic N) is 1. The van der Waals surface area contributed by atoms with Gasteiger partial charge in [0.25, 0.3) is 0 Å². The number of hydrogen-bond donors (Lipinski definition) is 1. The van der Waals surface area contributed by atoms with Crippen LogP contribution in [0.4, 0.5) is 0 Å². The van der Waals surface area contributed by atoms with Crippen LogP contribution in [0.25, 0.3) is 0 Å². The first-order valence-electron chi connectivity index (χ1n) is 3.58. The van der Waals surface area contributed by atoms with Gasteiger partial charge in [0, 0.05) is 19.1 Å². The number of hydrogen-bond acceptors (Lipinski definition) is 2. The molecule has 0 bridgehead atoms. The van der Waals surface area contributed by atoms with Crippen molar-refractivity contribution in [3.05, 3.63) is 0 Å². The molecule has 1 N–H and O–H groups in total. The molecular formula is C7H13NO2. The highest BCUT2D eigenvalue weighted by Gasteiger charge is 2.33. The number of carboxylic acids is 1. The Morgan fingerprint density at radius 3 is 2.40 bits per heavy atom. The first-order valence-corrected chi connectivity index (χ1v) is 3.58. The molecule has 0 unspecified atom stereocenters. The number of rotatable bonds is 2. The highest BCUT2D eigenvalue weighted by molar-refractivity contribution is 5.71. The molecule has 0 aromatic heterocycles. The van der Waals surface area contributed by atoms with Crippen molar-refractivity contribution >= 4 is 5.97 Å². The van der Waals surface area contributed by atoms with Crippen LogP contribution < -0.4 is 0 Å². The van der Waals surface area contributed by atoms with E-state index in [0.717, 1.165) is 13.1 Å². The molecule has 0 aromatic rings. The van der Waals surface area contributed by atoms with Crippen LogP contribution in [-0.4, -0.2) is 35.1 Å². The van der Waals surface area contributed by atoms with Gasteiger partial charge in [0.05, 0.1) is 5.92 Å². The summed E-state index contributed by atoms with van der Waals surface area (Å²) >= 11 is 0. The molecule has 3 heteroatoms. The monoisotopic (exact) mass is 143 g/mol. The molecule has 0 spiro atoms. The van der Waals surface area contributed by atoms with Gasteiger partial charge in [-0.1, -0.05) is 0 Å².